The lowest BCUT2D eigenvalue weighted by molar-refractivity contribution is 0.0747. The van der Waals surface area contributed by atoms with Gasteiger partial charge in [0.25, 0.3) is 5.91 Å². The summed E-state index contributed by atoms with van der Waals surface area (Å²) in [4.78, 5) is 14.1. The number of ether oxygens (including phenoxy) is 1. The van der Waals surface area contributed by atoms with E-state index in [9.17, 15) is 4.79 Å². The second-order valence-electron chi connectivity index (χ2n) is 6.49. The van der Waals surface area contributed by atoms with E-state index < -0.39 is 0 Å². The minimum Gasteiger partial charge on any atom is -0.486 e. The van der Waals surface area contributed by atoms with Crippen LogP contribution in [0.15, 0.2) is 47.0 Å². The maximum absolute atomic E-state index is 12.6. The van der Waals surface area contributed by atoms with Gasteiger partial charge in [-0.25, -0.2) is 0 Å². The van der Waals surface area contributed by atoms with Gasteiger partial charge in [0, 0.05) is 19.8 Å². The molecule has 148 valence electrons. The van der Waals surface area contributed by atoms with Crippen molar-refractivity contribution in [3.63, 3.8) is 0 Å². The quantitative estimate of drug-likeness (QED) is 0.555. The molecular formula is C21H24ClN3O3. The summed E-state index contributed by atoms with van der Waals surface area (Å²) in [6.07, 6.45) is 2.74. The van der Waals surface area contributed by atoms with Crippen LogP contribution in [0.25, 0.3) is 0 Å². The lowest BCUT2D eigenvalue weighted by atomic mass is 10.2. The van der Waals surface area contributed by atoms with Gasteiger partial charge in [0.2, 0.25) is 0 Å². The summed E-state index contributed by atoms with van der Waals surface area (Å²) in [5.41, 5.74) is 1.91. The Morgan fingerprint density at radius 3 is 2.61 bits per heavy atom. The first-order valence-electron chi connectivity index (χ1n) is 9.27. The summed E-state index contributed by atoms with van der Waals surface area (Å²) >= 11 is 6.18. The molecule has 0 spiro atoms. The van der Waals surface area contributed by atoms with Gasteiger partial charge in [-0.3, -0.25) is 9.48 Å². The summed E-state index contributed by atoms with van der Waals surface area (Å²) in [7, 11) is 1.69. The molecule has 0 aliphatic heterocycles. The maximum Gasteiger partial charge on any atom is 0.289 e. The maximum atomic E-state index is 12.6. The van der Waals surface area contributed by atoms with Gasteiger partial charge in [-0.05, 0) is 43.2 Å². The molecule has 0 fully saturated rings. The molecule has 0 aliphatic carbocycles. The van der Waals surface area contributed by atoms with Crippen molar-refractivity contribution < 1.29 is 13.9 Å². The first kappa shape index (κ1) is 20.0. The molecule has 0 atom stereocenters. The van der Waals surface area contributed by atoms with E-state index in [0.717, 1.165) is 18.7 Å². The molecule has 7 heteroatoms. The Hall–Kier alpha value is -2.73. The zero-order valence-electron chi connectivity index (χ0n) is 16.3. The van der Waals surface area contributed by atoms with Crippen molar-refractivity contribution in [1.82, 2.24) is 14.7 Å². The number of hydrogen-bond acceptors (Lipinski definition) is 4. The number of nitrogens with zero attached hydrogens (tertiary/aromatic N) is 3. The average molecular weight is 402 g/mol. The second kappa shape index (κ2) is 8.97. The number of amides is 1. The Labute approximate surface area is 169 Å². The number of aryl methyl sites for hydroxylation is 2. The average Bonchev–Trinajstić information content (AvgIpc) is 3.33. The number of rotatable bonds is 8. The largest absolute Gasteiger partial charge is 0.486 e. The molecular weight excluding hydrogens is 378 g/mol. The monoisotopic (exact) mass is 401 g/mol. The highest BCUT2D eigenvalue weighted by atomic mass is 35.5. The highest BCUT2D eigenvalue weighted by Gasteiger charge is 2.19. The Balaban J connectivity index is 1.58. The molecule has 0 aliphatic rings. The van der Waals surface area contributed by atoms with Gasteiger partial charge in [-0.2, -0.15) is 5.10 Å². The molecule has 1 aromatic carbocycles. The molecule has 0 unspecified atom stereocenters. The number of aromatic nitrogens is 2. The van der Waals surface area contributed by atoms with E-state index in [1.807, 2.05) is 31.2 Å². The van der Waals surface area contributed by atoms with Crippen LogP contribution in [0.5, 0.6) is 5.75 Å². The number of benzene rings is 1. The molecule has 6 nitrogen and oxygen atoms in total. The Morgan fingerprint density at radius 1 is 1.21 bits per heavy atom. The van der Waals surface area contributed by atoms with E-state index in [-0.39, 0.29) is 18.3 Å². The smallest absolute Gasteiger partial charge is 0.289 e. The molecule has 1 amide bonds. The predicted molar refractivity (Wildman–Crippen MR) is 108 cm³/mol. The number of hydrogen-bond donors (Lipinski definition) is 0. The molecule has 28 heavy (non-hydrogen) atoms. The van der Waals surface area contributed by atoms with Crippen LogP contribution in [-0.4, -0.2) is 27.6 Å². The Kier molecular flexibility index (Phi) is 6.41. The zero-order valence-corrected chi connectivity index (χ0v) is 17.1. The van der Waals surface area contributed by atoms with Gasteiger partial charge in [0.15, 0.2) is 5.76 Å². The first-order chi connectivity index (χ1) is 13.5. The van der Waals surface area contributed by atoms with Gasteiger partial charge >= 0.3 is 0 Å². The van der Waals surface area contributed by atoms with Crippen LogP contribution in [0.4, 0.5) is 0 Å². The van der Waals surface area contributed by atoms with Crippen molar-refractivity contribution in [3.05, 3.63) is 70.4 Å². The lowest BCUT2D eigenvalue weighted by Crippen LogP contribution is -2.26. The van der Waals surface area contributed by atoms with Crippen LogP contribution in [-0.2, 0) is 26.1 Å². The molecule has 2 heterocycles. The standard InChI is InChI=1S/C21H24ClN3O3/c1-4-15-6-8-16(9-7-15)27-14-17-10-11-20(28-17)21(26)24(3)13-19-18(22)12-25(5-2)23-19/h6-12H,4-5,13-14H2,1-3H3. The van der Waals surface area contributed by atoms with Crippen LogP contribution in [0.2, 0.25) is 5.02 Å². The van der Waals surface area contributed by atoms with E-state index in [2.05, 4.69) is 12.0 Å². The summed E-state index contributed by atoms with van der Waals surface area (Å²) in [5, 5.41) is 4.91. The van der Waals surface area contributed by atoms with Crippen molar-refractivity contribution in [1.29, 1.82) is 0 Å². The minimum atomic E-state index is -0.235. The van der Waals surface area contributed by atoms with Gasteiger partial charge in [0.1, 0.15) is 23.8 Å². The fraction of sp³-hybridized carbons (Fsp3) is 0.333. The van der Waals surface area contributed by atoms with Crippen molar-refractivity contribution in [2.24, 2.45) is 0 Å². The van der Waals surface area contributed by atoms with E-state index >= 15 is 0 Å². The Bertz CT molecular complexity index is 931. The fourth-order valence-electron chi connectivity index (χ4n) is 2.74. The summed E-state index contributed by atoms with van der Waals surface area (Å²) in [6.45, 7) is 5.38. The highest BCUT2D eigenvalue weighted by Crippen LogP contribution is 2.19. The van der Waals surface area contributed by atoms with Crippen LogP contribution < -0.4 is 4.74 Å². The SMILES string of the molecule is CCc1ccc(OCc2ccc(C(=O)N(C)Cc3nn(CC)cc3Cl)o2)cc1. The van der Waals surface area contributed by atoms with Crippen molar-refractivity contribution in [2.45, 2.75) is 40.0 Å². The molecule has 0 radical (unpaired) electrons. The van der Waals surface area contributed by atoms with Gasteiger partial charge in [-0.15, -0.1) is 0 Å². The van der Waals surface area contributed by atoms with Gasteiger partial charge in [0.05, 0.1) is 11.6 Å². The van der Waals surface area contributed by atoms with Crippen molar-refractivity contribution in [2.75, 3.05) is 7.05 Å². The molecule has 0 bridgehead atoms. The Morgan fingerprint density at radius 2 is 1.96 bits per heavy atom. The van der Waals surface area contributed by atoms with Gasteiger partial charge < -0.3 is 14.1 Å². The van der Waals surface area contributed by atoms with Gasteiger partial charge in [-0.1, -0.05) is 30.7 Å². The topological polar surface area (TPSA) is 60.5 Å². The van der Waals surface area contributed by atoms with Crippen LogP contribution in [0, 0.1) is 0 Å². The third kappa shape index (κ3) is 4.75. The predicted octanol–water partition coefficient (Wildman–Crippen LogP) is 4.56. The second-order valence-corrected chi connectivity index (χ2v) is 6.90. The van der Waals surface area contributed by atoms with E-state index in [4.69, 9.17) is 20.8 Å². The summed E-state index contributed by atoms with van der Waals surface area (Å²) in [6, 6.07) is 11.3. The van der Waals surface area contributed by atoms with Crippen molar-refractivity contribution in [3.8, 4) is 5.75 Å². The first-order valence-corrected chi connectivity index (χ1v) is 9.65. The van der Waals surface area contributed by atoms with Crippen LogP contribution >= 0.6 is 11.6 Å². The van der Waals surface area contributed by atoms with Crippen LogP contribution in [0.3, 0.4) is 0 Å². The lowest BCUT2D eigenvalue weighted by Gasteiger charge is -2.14. The van der Waals surface area contributed by atoms with Crippen molar-refractivity contribution >= 4 is 17.5 Å². The number of carbonyl (C=O) groups excluding carboxylic acids is 1. The molecule has 0 saturated heterocycles. The summed E-state index contributed by atoms with van der Waals surface area (Å²) < 4.78 is 13.1. The minimum absolute atomic E-state index is 0.235. The molecule has 0 N–H and O–H groups in total. The normalized spacial score (nSPS) is 10.9. The molecule has 3 rings (SSSR count). The summed E-state index contributed by atoms with van der Waals surface area (Å²) in [5.74, 6) is 1.37. The van der Waals surface area contributed by atoms with E-state index in [1.54, 1.807) is 30.1 Å². The van der Waals surface area contributed by atoms with E-state index in [1.165, 1.54) is 10.5 Å². The highest BCUT2D eigenvalue weighted by molar-refractivity contribution is 6.31. The third-order valence-electron chi connectivity index (χ3n) is 4.43. The molecule has 2 aromatic heterocycles. The fourth-order valence-corrected chi connectivity index (χ4v) is 2.95. The number of halogens is 1. The number of carbonyl (C=O) groups is 1. The van der Waals surface area contributed by atoms with E-state index in [0.29, 0.717) is 23.0 Å². The third-order valence-corrected chi connectivity index (χ3v) is 4.75. The molecule has 3 aromatic rings. The van der Waals surface area contributed by atoms with Crippen LogP contribution in [0.1, 0.15) is 41.4 Å². The zero-order chi connectivity index (χ0) is 20.1. The molecule has 0 saturated carbocycles. The number of furan rings is 1.